The topological polar surface area (TPSA) is 54.3 Å². The highest BCUT2D eigenvalue weighted by Gasteiger charge is 2.09. The standard InChI is InChI=1S/C11H18N2O2S/c1-9(10-4-6-15-8-10)13-11(14)12-5-3-7-16-2/h4,6,8-9H,3,5,7H2,1-2H3,(H2,12,13,14)/t9-/m0/s1. The molecule has 0 saturated carbocycles. The Morgan fingerprint density at radius 1 is 1.62 bits per heavy atom. The number of amides is 2. The van der Waals surface area contributed by atoms with Crippen LogP contribution in [0.25, 0.3) is 0 Å². The summed E-state index contributed by atoms with van der Waals surface area (Å²) in [6.07, 6.45) is 6.29. The molecule has 0 radical (unpaired) electrons. The van der Waals surface area contributed by atoms with Crippen molar-refractivity contribution in [2.24, 2.45) is 0 Å². The van der Waals surface area contributed by atoms with E-state index in [1.54, 1.807) is 24.3 Å². The van der Waals surface area contributed by atoms with Crippen LogP contribution in [0.15, 0.2) is 23.0 Å². The zero-order valence-corrected chi connectivity index (χ0v) is 10.5. The molecular formula is C11H18N2O2S. The average Bonchev–Trinajstić information content (AvgIpc) is 2.77. The quantitative estimate of drug-likeness (QED) is 0.753. The van der Waals surface area contributed by atoms with Crippen molar-refractivity contribution < 1.29 is 9.21 Å². The smallest absolute Gasteiger partial charge is 0.315 e. The van der Waals surface area contributed by atoms with E-state index in [-0.39, 0.29) is 12.1 Å². The molecule has 0 saturated heterocycles. The van der Waals surface area contributed by atoms with Crippen LogP contribution in [0.3, 0.4) is 0 Å². The van der Waals surface area contributed by atoms with E-state index in [4.69, 9.17) is 4.42 Å². The van der Waals surface area contributed by atoms with E-state index >= 15 is 0 Å². The molecule has 0 aliphatic heterocycles. The van der Waals surface area contributed by atoms with Gasteiger partial charge in [0.25, 0.3) is 0 Å². The van der Waals surface area contributed by atoms with Crippen molar-refractivity contribution in [3.63, 3.8) is 0 Å². The molecule has 1 aromatic rings. The Morgan fingerprint density at radius 2 is 2.44 bits per heavy atom. The van der Waals surface area contributed by atoms with E-state index in [0.29, 0.717) is 6.54 Å². The summed E-state index contributed by atoms with van der Waals surface area (Å²) in [6, 6.07) is 1.69. The zero-order chi connectivity index (χ0) is 11.8. The summed E-state index contributed by atoms with van der Waals surface area (Å²) in [5.74, 6) is 1.07. The van der Waals surface area contributed by atoms with Gasteiger partial charge in [0.1, 0.15) is 0 Å². The van der Waals surface area contributed by atoms with Crippen LogP contribution in [0, 0.1) is 0 Å². The van der Waals surface area contributed by atoms with Gasteiger partial charge in [-0.05, 0) is 31.4 Å². The summed E-state index contributed by atoms with van der Waals surface area (Å²) >= 11 is 1.78. The van der Waals surface area contributed by atoms with Gasteiger partial charge in [-0.1, -0.05) is 0 Å². The summed E-state index contributed by atoms with van der Waals surface area (Å²) < 4.78 is 4.96. The Balaban J connectivity index is 2.19. The molecule has 4 nitrogen and oxygen atoms in total. The molecule has 0 fully saturated rings. The molecule has 1 aromatic heterocycles. The maximum atomic E-state index is 11.5. The lowest BCUT2D eigenvalue weighted by atomic mass is 10.2. The first-order chi connectivity index (χ1) is 7.74. The van der Waals surface area contributed by atoms with Crippen LogP contribution in [-0.2, 0) is 0 Å². The Bertz CT molecular complexity index is 301. The zero-order valence-electron chi connectivity index (χ0n) is 9.66. The van der Waals surface area contributed by atoms with Gasteiger partial charge in [0.05, 0.1) is 18.6 Å². The van der Waals surface area contributed by atoms with Gasteiger partial charge in [0, 0.05) is 12.1 Å². The van der Waals surface area contributed by atoms with Crippen LogP contribution in [0.5, 0.6) is 0 Å². The summed E-state index contributed by atoms with van der Waals surface area (Å²) in [5, 5.41) is 5.66. The SMILES string of the molecule is CSCCCNC(=O)N[C@@H](C)c1ccoc1. The first kappa shape index (κ1) is 13.0. The molecule has 0 unspecified atom stereocenters. The molecule has 0 aromatic carbocycles. The summed E-state index contributed by atoms with van der Waals surface area (Å²) in [6.45, 7) is 2.64. The maximum absolute atomic E-state index is 11.5. The highest BCUT2D eigenvalue weighted by atomic mass is 32.2. The molecule has 0 aliphatic rings. The van der Waals surface area contributed by atoms with Crippen LogP contribution in [0.2, 0.25) is 0 Å². The van der Waals surface area contributed by atoms with Crippen molar-refractivity contribution in [1.29, 1.82) is 0 Å². The number of hydrogen-bond acceptors (Lipinski definition) is 3. The average molecular weight is 242 g/mol. The summed E-state index contributed by atoms with van der Waals surface area (Å²) in [7, 11) is 0. The molecule has 90 valence electrons. The fraction of sp³-hybridized carbons (Fsp3) is 0.545. The summed E-state index contributed by atoms with van der Waals surface area (Å²) in [4.78, 5) is 11.5. The van der Waals surface area contributed by atoms with E-state index in [1.165, 1.54) is 0 Å². The van der Waals surface area contributed by atoms with Gasteiger partial charge in [-0.3, -0.25) is 0 Å². The lowest BCUT2D eigenvalue weighted by Gasteiger charge is -2.12. The lowest BCUT2D eigenvalue weighted by Crippen LogP contribution is -2.37. The normalized spacial score (nSPS) is 12.1. The van der Waals surface area contributed by atoms with E-state index < -0.39 is 0 Å². The van der Waals surface area contributed by atoms with E-state index in [2.05, 4.69) is 16.9 Å². The fourth-order valence-electron chi connectivity index (χ4n) is 1.27. The highest BCUT2D eigenvalue weighted by Crippen LogP contribution is 2.11. The van der Waals surface area contributed by atoms with Crippen molar-refractivity contribution in [3.05, 3.63) is 24.2 Å². The van der Waals surface area contributed by atoms with Crippen LogP contribution in [-0.4, -0.2) is 24.6 Å². The molecule has 1 atom stereocenters. The van der Waals surface area contributed by atoms with Crippen molar-refractivity contribution in [2.75, 3.05) is 18.6 Å². The second-order valence-electron chi connectivity index (χ2n) is 3.52. The van der Waals surface area contributed by atoms with Gasteiger partial charge < -0.3 is 15.1 Å². The molecule has 16 heavy (non-hydrogen) atoms. The highest BCUT2D eigenvalue weighted by molar-refractivity contribution is 7.98. The third-order valence-corrected chi connectivity index (χ3v) is 2.90. The van der Waals surface area contributed by atoms with Gasteiger partial charge in [-0.2, -0.15) is 11.8 Å². The molecular weight excluding hydrogens is 224 g/mol. The number of nitrogens with one attached hydrogen (secondary N) is 2. The van der Waals surface area contributed by atoms with Crippen LogP contribution < -0.4 is 10.6 Å². The number of carbonyl (C=O) groups is 1. The van der Waals surface area contributed by atoms with E-state index in [9.17, 15) is 4.79 Å². The minimum Gasteiger partial charge on any atom is -0.472 e. The first-order valence-electron chi connectivity index (χ1n) is 5.29. The Labute approximate surface area is 100 Å². The van der Waals surface area contributed by atoms with E-state index in [1.807, 2.05) is 13.0 Å². The number of thioether (sulfide) groups is 1. The van der Waals surface area contributed by atoms with Gasteiger partial charge in [0.2, 0.25) is 0 Å². The minimum absolute atomic E-state index is 0.0284. The van der Waals surface area contributed by atoms with Gasteiger partial charge >= 0.3 is 6.03 Å². The Hall–Kier alpha value is -1.10. The van der Waals surface area contributed by atoms with Crippen LogP contribution >= 0.6 is 11.8 Å². The van der Waals surface area contributed by atoms with Crippen LogP contribution in [0.1, 0.15) is 24.9 Å². The first-order valence-corrected chi connectivity index (χ1v) is 6.69. The molecule has 0 spiro atoms. The van der Waals surface area contributed by atoms with Gasteiger partial charge in [0.15, 0.2) is 0 Å². The Kier molecular flexibility index (Phi) is 5.85. The molecule has 0 bridgehead atoms. The third kappa shape index (κ3) is 4.61. The number of urea groups is 1. The molecule has 5 heteroatoms. The second kappa shape index (κ2) is 7.22. The molecule has 1 rings (SSSR count). The third-order valence-electron chi connectivity index (χ3n) is 2.20. The number of rotatable bonds is 6. The van der Waals surface area contributed by atoms with E-state index in [0.717, 1.165) is 17.7 Å². The summed E-state index contributed by atoms with van der Waals surface area (Å²) in [5.41, 5.74) is 0.972. The number of furan rings is 1. The van der Waals surface area contributed by atoms with Crippen LogP contribution in [0.4, 0.5) is 4.79 Å². The predicted octanol–water partition coefficient (Wildman–Crippen LogP) is 2.39. The Morgan fingerprint density at radius 3 is 3.06 bits per heavy atom. The van der Waals surface area contributed by atoms with Gasteiger partial charge in [-0.25, -0.2) is 4.79 Å². The fourth-order valence-corrected chi connectivity index (χ4v) is 1.70. The monoisotopic (exact) mass is 242 g/mol. The van der Waals surface area contributed by atoms with Crippen molar-refractivity contribution >= 4 is 17.8 Å². The number of carbonyl (C=O) groups excluding carboxylic acids is 1. The predicted molar refractivity (Wildman–Crippen MR) is 66.7 cm³/mol. The number of hydrogen-bond donors (Lipinski definition) is 2. The molecule has 2 amide bonds. The minimum atomic E-state index is -0.130. The molecule has 0 aliphatic carbocycles. The van der Waals surface area contributed by atoms with Crippen molar-refractivity contribution in [3.8, 4) is 0 Å². The largest absolute Gasteiger partial charge is 0.472 e. The second-order valence-corrected chi connectivity index (χ2v) is 4.51. The maximum Gasteiger partial charge on any atom is 0.315 e. The van der Waals surface area contributed by atoms with Crippen molar-refractivity contribution in [2.45, 2.75) is 19.4 Å². The lowest BCUT2D eigenvalue weighted by molar-refractivity contribution is 0.238. The van der Waals surface area contributed by atoms with Gasteiger partial charge in [-0.15, -0.1) is 0 Å². The molecule has 2 N–H and O–H groups in total. The molecule has 1 heterocycles. The van der Waals surface area contributed by atoms with Crippen molar-refractivity contribution in [1.82, 2.24) is 10.6 Å².